The second-order valence-electron chi connectivity index (χ2n) is 9.26. The van der Waals surface area contributed by atoms with Crippen molar-refractivity contribution < 1.29 is 24.2 Å². The first kappa shape index (κ1) is 23.5. The number of rotatable bonds is 8. The fourth-order valence-corrected chi connectivity index (χ4v) is 4.87. The van der Waals surface area contributed by atoms with Gasteiger partial charge in [-0.05, 0) is 48.4 Å². The predicted molar refractivity (Wildman–Crippen MR) is 128 cm³/mol. The van der Waals surface area contributed by atoms with Gasteiger partial charge in [0.25, 0.3) is 0 Å². The molecule has 0 bridgehead atoms. The monoisotopic (exact) mass is 462 g/mol. The van der Waals surface area contributed by atoms with E-state index in [1.54, 1.807) is 13.0 Å². The molecule has 0 aromatic heterocycles. The summed E-state index contributed by atoms with van der Waals surface area (Å²) in [5, 5.41) is 12.2. The van der Waals surface area contributed by atoms with E-state index in [1.807, 2.05) is 36.4 Å². The summed E-state index contributed by atoms with van der Waals surface area (Å²) in [7, 11) is 0. The van der Waals surface area contributed by atoms with Gasteiger partial charge in [-0.3, -0.25) is 9.59 Å². The SMILES string of the molecule is C=CCCC(NC(=O)OCC1c2ccccc2-c2ccccc21)C(=O)N1CCC(C)(C(=O)O)C1. The Bertz CT molecular complexity index is 1070. The molecule has 2 N–H and O–H groups in total. The van der Waals surface area contributed by atoms with Gasteiger partial charge in [-0.25, -0.2) is 4.79 Å². The average molecular weight is 463 g/mol. The number of carboxylic acids is 1. The van der Waals surface area contributed by atoms with Crippen LogP contribution in [0.2, 0.25) is 0 Å². The van der Waals surface area contributed by atoms with Crippen LogP contribution in [0.25, 0.3) is 11.1 Å². The van der Waals surface area contributed by atoms with Crippen LogP contribution in [0.5, 0.6) is 0 Å². The molecule has 1 aliphatic carbocycles. The average Bonchev–Trinajstić information content (AvgIpc) is 3.39. The Morgan fingerprint density at radius 2 is 1.79 bits per heavy atom. The quantitative estimate of drug-likeness (QED) is 0.574. The first-order valence-electron chi connectivity index (χ1n) is 11.6. The van der Waals surface area contributed by atoms with Crippen molar-refractivity contribution in [2.24, 2.45) is 5.41 Å². The molecule has 1 aliphatic heterocycles. The molecule has 1 saturated heterocycles. The highest BCUT2D eigenvalue weighted by Crippen LogP contribution is 2.44. The number of allylic oxidation sites excluding steroid dienone is 1. The third kappa shape index (κ3) is 4.55. The molecule has 0 spiro atoms. The lowest BCUT2D eigenvalue weighted by atomic mass is 9.90. The number of carbonyl (C=O) groups excluding carboxylic acids is 2. The van der Waals surface area contributed by atoms with Gasteiger partial charge in [0, 0.05) is 19.0 Å². The summed E-state index contributed by atoms with van der Waals surface area (Å²) in [6.45, 7) is 5.96. The Morgan fingerprint density at radius 1 is 1.18 bits per heavy atom. The standard InChI is InChI=1S/C27H30N2O5/c1-3-4-13-23(24(30)29-15-14-27(2,17-29)25(31)32)28-26(33)34-16-22-20-11-7-5-9-18(20)19-10-6-8-12-21(19)22/h3,5-12,22-23H,1,4,13-17H2,2H3,(H,28,33)(H,31,32). The fraction of sp³-hybridized carbons (Fsp3) is 0.370. The molecule has 178 valence electrons. The number of nitrogens with one attached hydrogen (secondary N) is 1. The van der Waals surface area contributed by atoms with Crippen molar-refractivity contribution in [1.82, 2.24) is 10.2 Å². The smallest absolute Gasteiger partial charge is 0.407 e. The van der Waals surface area contributed by atoms with Crippen LogP contribution in [0.1, 0.15) is 43.2 Å². The molecule has 7 heteroatoms. The van der Waals surface area contributed by atoms with Crippen molar-refractivity contribution in [1.29, 1.82) is 0 Å². The summed E-state index contributed by atoms with van der Waals surface area (Å²) in [6, 6.07) is 15.4. The number of likely N-dealkylation sites (tertiary alicyclic amines) is 1. The van der Waals surface area contributed by atoms with Gasteiger partial charge in [0.05, 0.1) is 5.41 Å². The van der Waals surface area contributed by atoms with Crippen molar-refractivity contribution in [2.45, 2.75) is 38.1 Å². The first-order chi connectivity index (χ1) is 16.3. The van der Waals surface area contributed by atoms with Crippen LogP contribution in [-0.2, 0) is 14.3 Å². The number of carboxylic acid groups (broad SMARTS) is 1. The lowest BCUT2D eigenvalue weighted by Gasteiger charge is -2.25. The van der Waals surface area contributed by atoms with Crippen molar-refractivity contribution in [2.75, 3.05) is 19.7 Å². The van der Waals surface area contributed by atoms with Crippen LogP contribution in [0.4, 0.5) is 4.79 Å². The Labute approximate surface area is 199 Å². The Kier molecular flexibility index (Phi) is 6.72. The van der Waals surface area contributed by atoms with E-state index in [9.17, 15) is 19.5 Å². The minimum absolute atomic E-state index is 0.0738. The van der Waals surface area contributed by atoms with Crippen LogP contribution in [0.3, 0.4) is 0 Å². The van der Waals surface area contributed by atoms with Gasteiger partial charge < -0.3 is 20.1 Å². The Balaban J connectivity index is 1.42. The summed E-state index contributed by atoms with van der Waals surface area (Å²) < 4.78 is 5.60. The number of benzene rings is 2. The van der Waals surface area contributed by atoms with Crippen LogP contribution < -0.4 is 5.32 Å². The molecule has 2 atom stereocenters. The summed E-state index contributed by atoms with van der Waals surface area (Å²) in [4.78, 5) is 38.9. The van der Waals surface area contributed by atoms with Gasteiger partial charge in [0.2, 0.25) is 5.91 Å². The van der Waals surface area contributed by atoms with Crippen LogP contribution in [0, 0.1) is 5.41 Å². The lowest BCUT2D eigenvalue weighted by Crippen LogP contribution is -2.49. The minimum atomic E-state index is -0.970. The van der Waals surface area contributed by atoms with Crippen molar-refractivity contribution >= 4 is 18.0 Å². The van der Waals surface area contributed by atoms with E-state index in [0.29, 0.717) is 25.8 Å². The van der Waals surface area contributed by atoms with E-state index < -0.39 is 23.5 Å². The highest BCUT2D eigenvalue weighted by molar-refractivity contribution is 5.87. The van der Waals surface area contributed by atoms with E-state index in [0.717, 1.165) is 22.3 Å². The number of carbonyl (C=O) groups is 3. The van der Waals surface area contributed by atoms with Gasteiger partial charge in [0.15, 0.2) is 0 Å². The molecular formula is C27H30N2O5. The minimum Gasteiger partial charge on any atom is -0.481 e. The molecule has 4 rings (SSSR count). The highest BCUT2D eigenvalue weighted by Gasteiger charge is 2.43. The number of hydrogen-bond acceptors (Lipinski definition) is 4. The zero-order valence-corrected chi connectivity index (χ0v) is 19.3. The van der Waals surface area contributed by atoms with Crippen LogP contribution in [0.15, 0.2) is 61.2 Å². The number of nitrogens with zero attached hydrogens (tertiary/aromatic N) is 1. The lowest BCUT2D eigenvalue weighted by molar-refractivity contribution is -0.147. The molecule has 2 amide bonds. The second kappa shape index (κ2) is 9.71. The topological polar surface area (TPSA) is 95.9 Å². The van der Waals surface area contributed by atoms with E-state index in [4.69, 9.17) is 4.74 Å². The maximum absolute atomic E-state index is 13.1. The molecule has 34 heavy (non-hydrogen) atoms. The zero-order valence-electron chi connectivity index (χ0n) is 19.3. The van der Waals surface area contributed by atoms with Gasteiger partial charge in [-0.15, -0.1) is 6.58 Å². The normalized spacial score (nSPS) is 19.7. The molecule has 2 aliphatic rings. The van der Waals surface area contributed by atoms with Crippen molar-refractivity contribution in [3.8, 4) is 11.1 Å². The number of fused-ring (bicyclic) bond motifs is 3. The van der Waals surface area contributed by atoms with Gasteiger partial charge >= 0.3 is 12.1 Å². The van der Waals surface area contributed by atoms with E-state index in [1.165, 1.54) is 4.90 Å². The third-order valence-corrected chi connectivity index (χ3v) is 6.89. The number of ether oxygens (including phenoxy) is 1. The van der Waals surface area contributed by atoms with E-state index in [-0.39, 0.29) is 25.0 Å². The Hall–Kier alpha value is -3.61. The molecule has 2 unspecified atom stereocenters. The van der Waals surface area contributed by atoms with E-state index in [2.05, 4.69) is 24.0 Å². The predicted octanol–water partition coefficient (Wildman–Crippen LogP) is 4.18. The maximum atomic E-state index is 13.1. The molecule has 1 heterocycles. The van der Waals surface area contributed by atoms with Gasteiger partial charge in [-0.2, -0.15) is 0 Å². The molecule has 1 fully saturated rings. The summed E-state index contributed by atoms with van der Waals surface area (Å²) >= 11 is 0. The number of amides is 2. The molecule has 7 nitrogen and oxygen atoms in total. The Morgan fingerprint density at radius 3 is 2.35 bits per heavy atom. The molecule has 0 saturated carbocycles. The summed E-state index contributed by atoms with van der Waals surface area (Å²) in [5.74, 6) is -1.29. The van der Waals surface area contributed by atoms with Crippen molar-refractivity contribution in [3.05, 3.63) is 72.3 Å². The van der Waals surface area contributed by atoms with E-state index >= 15 is 0 Å². The maximum Gasteiger partial charge on any atom is 0.407 e. The molecule has 2 aromatic carbocycles. The van der Waals surface area contributed by atoms with Gasteiger partial charge in [-0.1, -0.05) is 54.6 Å². The molecule has 2 aromatic rings. The highest BCUT2D eigenvalue weighted by atomic mass is 16.5. The fourth-order valence-electron chi connectivity index (χ4n) is 4.87. The van der Waals surface area contributed by atoms with Crippen molar-refractivity contribution in [3.63, 3.8) is 0 Å². The van der Waals surface area contributed by atoms with Crippen LogP contribution >= 0.6 is 0 Å². The molecular weight excluding hydrogens is 432 g/mol. The zero-order chi connectivity index (χ0) is 24.3. The largest absolute Gasteiger partial charge is 0.481 e. The summed E-state index contributed by atoms with van der Waals surface area (Å²) in [5.41, 5.74) is 3.53. The number of aliphatic carboxylic acids is 1. The summed E-state index contributed by atoms with van der Waals surface area (Å²) in [6.07, 6.45) is 2.30. The van der Waals surface area contributed by atoms with Crippen LogP contribution in [-0.4, -0.2) is 53.7 Å². The third-order valence-electron chi connectivity index (χ3n) is 6.89. The first-order valence-corrected chi connectivity index (χ1v) is 11.6. The second-order valence-corrected chi connectivity index (χ2v) is 9.26. The number of alkyl carbamates (subject to hydrolysis) is 1. The number of hydrogen-bond donors (Lipinski definition) is 2. The van der Waals surface area contributed by atoms with Gasteiger partial charge in [0.1, 0.15) is 12.6 Å². The molecule has 0 radical (unpaired) electrons.